The Morgan fingerprint density at radius 3 is 2.16 bits per heavy atom. The molecule has 3 aliphatic heterocycles. The molecular formula is C31H40Cl2N4O5S. The number of benzene rings is 2. The number of carbonyl (C=O) groups excluding carboxylic acids is 3. The van der Waals surface area contributed by atoms with Crippen LogP contribution in [0.1, 0.15) is 53.6 Å². The molecule has 0 saturated carbocycles. The predicted octanol–water partition coefficient (Wildman–Crippen LogP) is 4.93. The third-order valence-electron chi connectivity index (χ3n) is 8.99. The Morgan fingerprint density at radius 1 is 0.884 bits per heavy atom. The van der Waals surface area contributed by atoms with Crippen molar-refractivity contribution in [2.24, 2.45) is 5.92 Å². The van der Waals surface area contributed by atoms with Crippen LogP contribution in [0.4, 0.5) is 0 Å². The molecule has 2 unspecified atom stereocenters. The van der Waals surface area contributed by atoms with Crippen LogP contribution in [0.15, 0.2) is 42.5 Å². The topological polar surface area (TPSA) is 113 Å². The highest BCUT2D eigenvalue weighted by Crippen LogP contribution is 2.40. The van der Waals surface area contributed by atoms with E-state index < -0.39 is 10.6 Å². The molecule has 0 aromatic heterocycles. The second kappa shape index (κ2) is 13.7. The van der Waals surface area contributed by atoms with Crippen LogP contribution in [0, 0.1) is 5.92 Å². The summed E-state index contributed by atoms with van der Waals surface area (Å²) in [6.45, 7) is 5.71. The van der Waals surface area contributed by atoms with E-state index in [2.05, 4.69) is 10.2 Å². The zero-order valence-corrected chi connectivity index (χ0v) is 26.7. The Labute approximate surface area is 264 Å². The Bertz CT molecular complexity index is 1330. The summed E-state index contributed by atoms with van der Waals surface area (Å²) in [5.41, 5.74) is 2.53. The van der Waals surface area contributed by atoms with E-state index >= 15 is 0 Å². The van der Waals surface area contributed by atoms with Gasteiger partial charge in [0.05, 0.1) is 21.6 Å². The number of likely N-dealkylation sites (tertiary alicyclic amines) is 2. The third-order valence-corrected chi connectivity index (χ3v) is 11.4. The molecule has 0 radical (unpaired) electrons. The number of hydrogen-bond donors (Lipinski definition) is 3. The summed E-state index contributed by atoms with van der Waals surface area (Å²) >= 11 is 12.6. The van der Waals surface area contributed by atoms with Gasteiger partial charge in [0.15, 0.2) is 0 Å². The minimum absolute atomic E-state index is 0.0425. The van der Waals surface area contributed by atoms with Gasteiger partial charge in [-0.3, -0.25) is 28.4 Å². The molecule has 3 amide bonds. The van der Waals surface area contributed by atoms with Crippen LogP contribution in [0.3, 0.4) is 0 Å². The van der Waals surface area contributed by atoms with Crippen molar-refractivity contribution >= 4 is 51.5 Å². The third kappa shape index (κ3) is 8.04. The molecule has 0 spiro atoms. The minimum atomic E-state index is -2.43. The first kappa shape index (κ1) is 32.1. The van der Waals surface area contributed by atoms with E-state index in [0.717, 1.165) is 11.1 Å². The van der Waals surface area contributed by atoms with Gasteiger partial charge in [-0.25, -0.2) is 0 Å². The second-order valence-electron chi connectivity index (χ2n) is 11.9. The van der Waals surface area contributed by atoms with Gasteiger partial charge in [-0.05, 0) is 54.7 Å². The number of nitrogens with zero attached hydrogens (tertiary/aromatic N) is 3. The quantitative estimate of drug-likeness (QED) is 0.409. The summed E-state index contributed by atoms with van der Waals surface area (Å²) < 4.78 is 19.7. The maximum atomic E-state index is 13.5. The highest BCUT2D eigenvalue weighted by atomic mass is 35.5. The van der Waals surface area contributed by atoms with Crippen LogP contribution in [0.2, 0.25) is 10.0 Å². The zero-order chi connectivity index (χ0) is 30.7. The Morgan fingerprint density at radius 2 is 1.53 bits per heavy atom. The number of amides is 3. The Hall–Kier alpha value is -2.34. The monoisotopic (exact) mass is 650 g/mol. The summed E-state index contributed by atoms with van der Waals surface area (Å²) in [4.78, 5) is 44.6. The van der Waals surface area contributed by atoms with Crippen molar-refractivity contribution in [3.05, 3.63) is 69.2 Å². The van der Waals surface area contributed by atoms with Gasteiger partial charge < -0.3 is 15.1 Å². The van der Waals surface area contributed by atoms with Crippen molar-refractivity contribution in [3.8, 4) is 0 Å². The van der Waals surface area contributed by atoms with Gasteiger partial charge in [-0.1, -0.05) is 41.4 Å². The Kier molecular flexibility index (Phi) is 10.3. The second-order valence-corrected chi connectivity index (χ2v) is 15.1. The molecule has 3 heterocycles. The van der Waals surface area contributed by atoms with Crippen molar-refractivity contribution < 1.29 is 23.5 Å². The van der Waals surface area contributed by atoms with E-state index in [9.17, 15) is 23.5 Å². The Balaban J connectivity index is 1.24. The first-order valence-corrected chi connectivity index (χ1v) is 17.5. The normalized spacial score (nSPS) is 23.9. The highest BCUT2D eigenvalue weighted by molar-refractivity contribution is 8.24. The lowest BCUT2D eigenvalue weighted by atomic mass is 9.84. The number of piperidine rings is 2. The van der Waals surface area contributed by atoms with Crippen molar-refractivity contribution in [1.29, 1.82) is 0 Å². The van der Waals surface area contributed by atoms with Gasteiger partial charge in [0.1, 0.15) is 0 Å². The van der Waals surface area contributed by atoms with Crippen LogP contribution >= 0.6 is 33.8 Å². The molecule has 3 N–H and O–H groups in total. The summed E-state index contributed by atoms with van der Waals surface area (Å²) in [5.74, 6) is 0.488. The van der Waals surface area contributed by atoms with Crippen LogP contribution in [0.25, 0.3) is 0 Å². The van der Waals surface area contributed by atoms with Crippen molar-refractivity contribution in [3.63, 3.8) is 0 Å². The van der Waals surface area contributed by atoms with Crippen LogP contribution in [-0.4, -0.2) is 98.3 Å². The number of carbonyl (C=O) groups is 3. The zero-order valence-electron chi connectivity index (χ0n) is 24.4. The number of nitrogens with one attached hydrogen (secondary N) is 1. The van der Waals surface area contributed by atoms with Crippen LogP contribution in [0.5, 0.6) is 0 Å². The number of rotatable bonds is 6. The molecule has 3 fully saturated rings. The molecule has 5 rings (SSSR count). The standard InChI is InChI=1S/C31H40Cl2N4O5S/c1-21(38)36-11-8-24(9-12-36)31(40)37-13-10-29(26(20-37)25-6-7-27(32)28(33)18-25)34-30(39)23-4-2-22(3-5-23)19-35-14-16-43(41,42)17-15-35/h2-7,18,24,26,29,41-42H,8-17,19-20H2,1H3,(H,34,39). The van der Waals surface area contributed by atoms with Crippen molar-refractivity contribution in [2.75, 3.05) is 50.8 Å². The summed E-state index contributed by atoms with van der Waals surface area (Å²) in [6, 6.07) is 12.8. The van der Waals surface area contributed by atoms with Gasteiger partial charge in [0, 0.05) is 76.2 Å². The molecular weight excluding hydrogens is 611 g/mol. The molecule has 2 aromatic carbocycles. The van der Waals surface area contributed by atoms with Crippen molar-refractivity contribution in [1.82, 2.24) is 20.0 Å². The van der Waals surface area contributed by atoms with Gasteiger partial charge in [0.2, 0.25) is 11.8 Å². The molecule has 2 atom stereocenters. The smallest absolute Gasteiger partial charge is 0.251 e. The maximum absolute atomic E-state index is 13.5. The lowest BCUT2D eigenvalue weighted by Gasteiger charge is -2.41. The van der Waals surface area contributed by atoms with Crippen LogP contribution < -0.4 is 5.32 Å². The van der Waals surface area contributed by atoms with E-state index in [1.165, 1.54) is 0 Å². The molecule has 12 heteroatoms. The van der Waals surface area contributed by atoms with E-state index in [0.29, 0.717) is 92.2 Å². The molecule has 3 saturated heterocycles. The summed E-state index contributed by atoms with van der Waals surface area (Å²) in [7, 11) is -2.43. The maximum Gasteiger partial charge on any atom is 0.251 e. The minimum Gasteiger partial charge on any atom is -0.349 e. The van der Waals surface area contributed by atoms with E-state index in [4.69, 9.17) is 23.2 Å². The first-order chi connectivity index (χ1) is 20.5. The molecule has 0 aliphatic carbocycles. The predicted molar refractivity (Wildman–Crippen MR) is 171 cm³/mol. The van der Waals surface area contributed by atoms with Gasteiger partial charge in [0.25, 0.3) is 5.91 Å². The molecule has 3 aliphatic rings. The number of halogens is 2. The summed E-state index contributed by atoms with van der Waals surface area (Å²) in [5, 5.41) is 4.10. The molecule has 0 bridgehead atoms. The molecule has 2 aromatic rings. The van der Waals surface area contributed by atoms with Gasteiger partial charge in [-0.15, -0.1) is 0 Å². The fraction of sp³-hybridized carbons (Fsp3) is 0.516. The lowest BCUT2D eigenvalue weighted by Crippen LogP contribution is -2.53. The van der Waals surface area contributed by atoms with Gasteiger partial charge >= 0.3 is 0 Å². The molecule has 43 heavy (non-hydrogen) atoms. The molecule has 9 nitrogen and oxygen atoms in total. The first-order valence-electron chi connectivity index (χ1n) is 14.8. The van der Waals surface area contributed by atoms with Crippen molar-refractivity contribution in [2.45, 2.75) is 44.7 Å². The average Bonchev–Trinajstić information content (AvgIpc) is 3.00. The van der Waals surface area contributed by atoms with E-state index in [1.54, 1.807) is 17.9 Å². The average molecular weight is 652 g/mol. The van der Waals surface area contributed by atoms with Crippen LogP contribution in [-0.2, 0) is 16.1 Å². The fourth-order valence-corrected chi connectivity index (χ4v) is 7.91. The largest absolute Gasteiger partial charge is 0.349 e. The van der Waals surface area contributed by atoms with E-state index in [1.807, 2.05) is 41.3 Å². The van der Waals surface area contributed by atoms with Gasteiger partial charge in [-0.2, -0.15) is 10.6 Å². The number of hydrogen-bond acceptors (Lipinski definition) is 6. The molecule has 234 valence electrons. The SMILES string of the molecule is CC(=O)N1CCC(C(=O)N2CCC(NC(=O)c3ccc(CN4CCS(O)(O)CC4)cc3)C(c3ccc(Cl)c(Cl)c3)C2)CC1. The summed E-state index contributed by atoms with van der Waals surface area (Å²) in [6.07, 6.45) is 1.91. The highest BCUT2D eigenvalue weighted by Gasteiger charge is 2.37. The lowest BCUT2D eigenvalue weighted by molar-refractivity contribution is -0.141. The fourth-order valence-electron chi connectivity index (χ4n) is 6.30. The van der Waals surface area contributed by atoms with E-state index in [-0.39, 0.29) is 35.6 Å².